The number of likely N-dealkylation sites (N-methyl/N-ethyl adjacent to an activating group) is 1. The number of nitrogens with zero attached hydrogens (tertiary/aromatic N) is 2. The summed E-state index contributed by atoms with van der Waals surface area (Å²) in [6, 6.07) is 7.99. The molecule has 0 saturated carbocycles. The summed E-state index contributed by atoms with van der Waals surface area (Å²) in [6.07, 6.45) is 3.25. The Hall–Kier alpha value is -1.65. The van der Waals surface area contributed by atoms with Gasteiger partial charge in [-0.05, 0) is 51.2 Å². The van der Waals surface area contributed by atoms with Gasteiger partial charge in [0.05, 0.1) is 18.8 Å². The Balaban J connectivity index is 2.22. The first kappa shape index (κ1) is 17.7. The van der Waals surface area contributed by atoms with E-state index in [1.54, 1.807) is 0 Å². The van der Waals surface area contributed by atoms with Crippen LogP contribution in [-0.4, -0.2) is 56.6 Å². The number of ketones is 1. The lowest BCUT2D eigenvalue weighted by Crippen LogP contribution is -2.50. The lowest BCUT2D eigenvalue weighted by molar-refractivity contribution is 0.0673. The van der Waals surface area contributed by atoms with Crippen LogP contribution in [0, 0.1) is 0 Å². The first-order chi connectivity index (χ1) is 11.0. The Morgan fingerprint density at radius 1 is 1.30 bits per heavy atom. The summed E-state index contributed by atoms with van der Waals surface area (Å²) in [5, 5.41) is 0. The SMILES string of the molecule is C=CCC(CC)(C(=O)c1ccc(N2CCOCC2)cc1)N(C)C. The third-order valence-corrected chi connectivity index (χ3v) is 4.85. The van der Waals surface area contributed by atoms with Crippen molar-refractivity contribution < 1.29 is 9.53 Å². The van der Waals surface area contributed by atoms with E-state index in [0.29, 0.717) is 6.42 Å². The zero-order chi connectivity index (χ0) is 16.9. The van der Waals surface area contributed by atoms with E-state index >= 15 is 0 Å². The molecule has 1 aliphatic heterocycles. The molecular weight excluding hydrogens is 288 g/mol. The second-order valence-corrected chi connectivity index (χ2v) is 6.25. The van der Waals surface area contributed by atoms with Crippen molar-refractivity contribution >= 4 is 11.5 Å². The first-order valence-corrected chi connectivity index (χ1v) is 8.31. The van der Waals surface area contributed by atoms with Crippen LogP contribution >= 0.6 is 0 Å². The van der Waals surface area contributed by atoms with E-state index in [1.165, 1.54) is 0 Å². The van der Waals surface area contributed by atoms with Crippen LogP contribution < -0.4 is 4.90 Å². The standard InChI is InChI=1S/C19H28N2O2/c1-5-11-19(6-2,20(3)4)18(22)16-7-9-17(10-8-16)21-12-14-23-15-13-21/h5,7-10H,1,6,11-15H2,2-4H3. The molecule has 0 spiro atoms. The zero-order valence-corrected chi connectivity index (χ0v) is 14.5. The van der Waals surface area contributed by atoms with E-state index in [0.717, 1.165) is 44.0 Å². The van der Waals surface area contributed by atoms with Crippen molar-refractivity contribution in [3.63, 3.8) is 0 Å². The molecular formula is C19H28N2O2. The molecule has 0 aliphatic carbocycles. The van der Waals surface area contributed by atoms with Gasteiger partial charge >= 0.3 is 0 Å². The van der Waals surface area contributed by atoms with E-state index < -0.39 is 5.54 Å². The zero-order valence-electron chi connectivity index (χ0n) is 14.5. The van der Waals surface area contributed by atoms with Crippen molar-refractivity contribution in [2.75, 3.05) is 45.3 Å². The summed E-state index contributed by atoms with van der Waals surface area (Å²) in [7, 11) is 3.93. The number of hydrogen-bond donors (Lipinski definition) is 0. The van der Waals surface area contributed by atoms with Crippen LogP contribution in [0.1, 0.15) is 30.1 Å². The van der Waals surface area contributed by atoms with Gasteiger partial charge in [-0.1, -0.05) is 13.0 Å². The smallest absolute Gasteiger partial charge is 0.183 e. The minimum Gasteiger partial charge on any atom is -0.378 e. The van der Waals surface area contributed by atoms with E-state index in [1.807, 2.05) is 49.3 Å². The normalized spacial score (nSPS) is 17.8. The van der Waals surface area contributed by atoms with Crippen LogP contribution in [0.25, 0.3) is 0 Å². The highest BCUT2D eigenvalue weighted by atomic mass is 16.5. The fraction of sp³-hybridized carbons (Fsp3) is 0.526. The monoisotopic (exact) mass is 316 g/mol. The molecule has 126 valence electrons. The van der Waals surface area contributed by atoms with Crippen molar-refractivity contribution in [3.05, 3.63) is 42.5 Å². The van der Waals surface area contributed by atoms with Gasteiger partial charge in [0.25, 0.3) is 0 Å². The number of hydrogen-bond acceptors (Lipinski definition) is 4. The van der Waals surface area contributed by atoms with Gasteiger partial charge in [0.2, 0.25) is 0 Å². The van der Waals surface area contributed by atoms with E-state index in [4.69, 9.17) is 4.74 Å². The number of carbonyl (C=O) groups excluding carboxylic acids is 1. The Labute approximate surface area is 139 Å². The molecule has 1 heterocycles. The number of Topliss-reactive ketones (excluding diaryl/α,β-unsaturated/α-hetero) is 1. The molecule has 0 N–H and O–H groups in total. The maximum Gasteiger partial charge on any atom is 0.183 e. The van der Waals surface area contributed by atoms with Crippen LogP contribution in [0.4, 0.5) is 5.69 Å². The van der Waals surface area contributed by atoms with Crippen molar-refractivity contribution in [2.45, 2.75) is 25.3 Å². The number of ether oxygens (including phenoxy) is 1. The second-order valence-electron chi connectivity index (χ2n) is 6.25. The lowest BCUT2D eigenvalue weighted by Gasteiger charge is -2.37. The van der Waals surface area contributed by atoms with Crippen LogP contribution in [-0.2, 0) is 4.74 Å². The number of carbonyl (C=O) groups is 1. The average Bonchev–Trinajstić information content (AvgIpc) is 2.60. The van der Waals surface area contributed by atoms with E-state index in [2.05, 4.69) is 18.4 Å². The number of benzene rings is 1. The molecule has 1 unspecified atom stereocenters. The van der Waals surface area contributed by atoms with Gasteiger partial charge in [0.1, 0.15) is 0 Å². The molecule has 0 radical (unpaired) electrons. The minimum atomic E-state index is -0.512. The summed E-state index contributed by atoms with van der Waals surface area (Å²) in [5.74, 6) is 0.165. The molecule has 4 nitrogen and oxygen atoms in total. The average molecular weight is 316 g/mol. The molecule has 1 saturated heterocycles. The topological polar surface area (TPSA) is 32.8 Å². The minimum absolute atomic E-state index is 0.165. The van der Waals surface area contributed by atoms with Gasteiger partial charge in [0.15, 0.2) is 5.78 Å². The Bertz CT molecular complexity index is 533. The van der Waals surface area contributed by atoms with Gasteiger partial charge in [-0.2, -0.15) is 0 Å². The summed E-state index contributed by atoms with van der Waals surface area (Å²) in [5.41, 5.74) is 1.40. The van der Waals surface area contributed by atoms with Gasteiger partial charge in [-0.3, -0.25) is 9.69 Å². The van der Waals surface area contributed by atoms with Crippen LogP contribution in [0.2, 0.25) is 0 Å². The predicted molar refractivity (Wildman–Crippen MR) is 95.3 cm³/mol. The predicted octanol–water partition coefficient (Wildman–Crippen LogP) is 2.99. The fourth-order valence-corrected chi connectivity index (χ4v) is 3.25. The van der Waals surface area contributed by atoms with Crippen molar-refractivity contribution in [1.82, 2.24) is 4.90 Å². The summed E-state index contributed by atoms with van der Waals surface area (Å²) < 4.78 is 5.38. The second kappa shape index (κ2) is 7.75. The van der Waals surface area contributed by atoms with Gasteiger partial charge < -0.3 is 9.64 Å². The maximum absolute atomic E-state index is 13.1. The highest BCUT2D eigenvalue weighted by Gasteiger charge is 2.38. The molecule has 0 bridgehead atoms. The van der Waals surface area contributed by atoms with Crippen LogP contribution in [0.3, 0.4) is 0 Å². The summed E-state index contributed by atoms with van der Waals surface area (Å²) in [6.45, 7) is 9.22. The fourth-order valence-electron chi connectivity index (χ4n) is 3.25. The molecule has 1 aromatic rings. The Morgan fingerprint density at radius 2 is 1.91 bits per heavy atom. The van der Waals surface area contributed by atoms with E-state index in [9.17, 15) is 4.79 Å². The number of anilines is 1. The van der Waals surface area contributed by atoms with Gasteiger partial charge in [-0.25, -0.2) is 0 Å². The largest absolute Gasteiger partial charge is 0.378 e. The molecule has 4 heteroatoms. The Kier molecular flexibility index (Phi) is 5.97. The molecule has 2 rings (SSSR count). The third kappa shape index (κ3) is 3.65. The Morgan fingerprint density at radius 3 is 2.39 bits per heavy atom. The number of rotatable bonds is 7. The quantitative estimate of drug-likeness (QED) is 0.572. The first-order valence-electron chi connectivity index (χ1n) is 8.31. The van der Waals surface area contributed by atoms with Crippen LogP contribution in [0.5, 0.6) is 0 Å². The molecule has 1 fully saturated rings. The lowest BCUT2D eigenvalue weighted by atomic mass is 9.82. The summed E-state index contributed by atoms with van der Waals surface area (Å²) in [4.78, 5) is 17.4. The third-order valence-electron chi connectivity index (χ3n) is 4.85. The highest BCUT2D eigenvalue weighted by molar-refractivity contribution is 6.03. The number of morpholine rings is 1. The van der Waals surface area contributed by atoms with Crippen LogP contribution in [0.15, 0.2) is 36.9 Å². The highest BCUT2D eigenvalue weighted by Crippen LogP contribution is 2.28. The van der Waals surface area contributed by atoms with E-state index in [-0.39, 0.29) is 5.78 Å². The van der Waals surface area contributed by atoms with Crippen molar-refractivity contribution in [2.24, 2.45) is 0 Å². The molecule has 23 heavy (non-hydrogen) atoms. The molecule has 0 amide bonds. The summed E-state index contributed by atoms with van der Waals surface area (Å²) >= 11 is 0. The van der Waals surface area contributed by atoms with Gasteiger partial charge in [-0.15, -0.1) is 6.58 Å². The molecule has 1 atom stereocenters. The molecule has 1 aromatic carbocycles. The molecule has 1 aliphatic rings. The van der Waals surface area contributed by atoms with Crippen molar-refractivity contribution in [3.8, 4) is 0 Å². The maximum atomic E-state index is 13.1. The van der Waals surface area contributed by atoms with Gasteiger partial charge in [0, 0.05) is 24.3 Å². The van der Waals surface area contributed by atoms with Crippen molar-refractivity contribution in [1.29, 1.82) is 0 Å². The molecule has 0 aromatic heterocycles.